The van der Waals surface area contributed by atoms with Crippen LogP contribution >= 0.6 is 11.8 Å². The van der Waals surface area contributed by atoms with Gasteiger partial charge in [0, 0.05) is 18.5 Å². The number of methoxy groups -OCH3 is 1. The SMILES string of the molecule is CCCn1c2ccccc2c2nnc(SCC(=O)NCc3cccc(OC)c3)nc21. The Labute approximate surface area is 178 Å². The number of nitrogens with zero attached hydrogens (tertiary/aromatic N) is 4. The number of fused-ring (bicyclic) bond motifs is 3. The summed E-state index contributed by atoms with van der Waals surface area (Å²) < 4.78 is 7.38. The summed E-state index contributed by atoms with van der Waals surface area (Å²) >= 11 is 1.29. The molecule has 8 heteroatoms. The van der Waals surface area contributed by atoms with E-state index in [1.165, 1.54) is 11.8 Å². The molecule has 0 saturated carbocycles. The standard InChI is InChI=1S/C22H23N5O2S/c1-3-11-27-18-10-5-4-9-17(18)20-21(27)24-22(26-25-20)30-14-19(28)23-13-15-7-6-8-16(12-15)29-2/h4-10,12H,3,11,13-14H2,1-2H3,(H,23,28). The van der Waals surface area contributed by atoms with Crippen LogP contribution in [0, 0.1) is 0 Å². The molecule has 0 unspecified atom stereocenters. The maximum absolute atomic E-state index is 12.3. The van der Waals surface area contributed by atoms with Crippen LogP contribution < -0.4 is 10.1 Å². The summed E-state index contributed by atoms with van der Waals surface area (Å²) in [4.78, 5) is 17.0. The van der Waals surface area contributed by atoms with E-state index in [0.29, 0.717) is 11.7 Å². The van der Waals surface area contributed by atoms with E-state index in [9.17, 15) is 4.79 Å². The first-order valence-corrected chi connectivity index (χ1v) is 10.8. The Hall–Kier alpha value is -3.13. The van der Waals surface area contributed by atoms with Crippen molar-refractivity contribution in [1.82, 2.24) is 25.1 Å². The first-order chi connectivity index (χ1) is 14.7. The van der Waals surface area contributed by atoms with E-state index in [0.717, 1.165) is 46.3 Å². The molecule has 7 nitrogen and oxygen atoms in total. The summed E-state index contributed by atoms with van der Waals surface area (Å²) in [5.41, 5.74) is 3.70. The number of thioether (sulfide) groups is 1. The second kappa shape index (κ2) is 9.13. The lowest BCUT2D eigenvalue weighted by Gasteiger charge is -2.07. The highest BCUT2D eigenvalue weighted by molar-refractivity contribution is 7.99. The van der Waals surface area contributed by atoms with E-state index in [-0.39, 0.29) is 11.7 Å². The van der Waals surface area contributed by atoms with Crippen molar-refractivity contribution in [2.45, 2.75) is 31.6 Å². The molecule has 2 heterocycles. The van der Waals surface area contributed by atoms with Crippen molar-refractivity contribution in [3.05, 3.63) is 54.1 Å². The Kier molecular flexibility index (Phi) is 6.13. The summed E-state index contributed by atoms with van der Waals surface area (Å²) in [6.07, 6.45) is 0.993. The Morgan fingerprint density at radius 1 is 1.17 bits per heavy atom. The van der Waals surface area contributed by atoms with Crippen LogP contribution in [0.2, 0.25) is 0 Å². The van der Waals surface area contributed by atoms with Gasteiger partial charge in [-0.15, -0.1) is 10.2 Å². The number of rotatable bonds is 8. The van der Waals surface area contributed by atoms with Gasteiger partial charge in [-0.1, -0.05) is 49.0 Å². The fraction of sp³-hybridized carbons (Fsp3) is 0.273. The van der Waals surface area contributed by atoms with Gasteiger partial charge < -0.3 is 14.6 Å². The van der Waals surface area contributed by atoms with Gasteiger partial charge in [0.25, 0.3) is 0 Å². The molecule has 0 aliphatic heterocycles. The molecule has 0 radical (unpaired) electrons. The van der Waals surface area contributed by atoms with E-state index in [4.69, 9.17) is 9.72 Å². The van der Waals surface area contributed by atoms with Crippen LogP contribution in [0.4, 0.5) is 0 Å². The fourth-order valence-corrected chi connectivity index (χ4v) is 3.98. The van der Waals surface area contributed by atoms with Crippen LogP contribution in [0.1, 0.15) is 18.9 Å². The number of carbonyl (C=O) groups is 1. The molecule has 2 aromatic heterocycles. The zero-order valence-electron chi connectivity index (χ0n) is 17.0. The van der Waals surface area contributed by atoms with Gasteiger partial charge >= 0.3 is 0 Å². The number of aromatic nitrogens is 4. The molecular weight excluding hydrogens is 398 g/mol. The van der Waals surface area contributed by atoms with Crippen LogP contribution in [0.3, 0.4) is 0 Å². The maximum atomic E-state index is 12.3. The van der Waals surface area contributed by atoms with Gasteiger partial charge in [-0.25, -0.2) is 4.98 Å². The third-order valence-electron chi connectivity index (χ3n) is 4.76. The van der Waals surface area contributed by atoms with E-state index in [2.05, 4.69) is 33.1 Å². The smallest absolute Gasteiger partial charge is 0.230 e. The Balaban J connectivity index is 1.45. The minimum Gasteiger partial charge on any atom is -0.497 e. The molecule has 0 fully saturated rings. The Morgan fingerprint density at radius 2 is 2.03 bits per heavy atom. The monoisotopic (exact) mass is 421 g/mol. The predicted octanol–water partition coefficient (Wildman–Crippen LogP) is 3.81. The molecule has 30 heavy (non-hydrogen) atoms. The van der Waals surface area contributed by atoms with Gasteiger partial charge in [0.2, 0.25) is 11.1 Å². The number of para-hydroxylation sites is 1. The van der Waals surface area contributed by atoms with Crippen molar-refractivity contribution in [3.63, 3.8) is 0 Å². The van der Waals surface area contributed by atoms with E-state index >= 15 is 0 Å². The molecule has 0 saturated heterocycles. The van der Waals surface area contributed by atoms with Gasteiger partial charge in [0.15, 0.2) is 5.65 Å². The largest absolute Gasteiger partial charge is 0.497 e. The lowest BCUT2D eigenvalue weighted by molar-refractivity contribution is -0.118. The number of aryl methyl sites for hydroxylation is 1. The molecule has 0 aliphatic carbocycles. The van der Waals surface area contributed by atoms with Gasteiger partial charge in [-0.05, 0) is 30.2 Å². The van der Waals surface area contributed by atoms with Gasteiger partial charge in [0.1, 0.15) is 11.3 Å². The highest BCUT2D eigenvalue weighted by atomic mass is 32.2. The average molecular weight is 422 g/mol. The highest BCUT2D eigenvalue weighted by Crippen LogP contribution is 2.27. The van der Waals surface area contributed by atoms with Crippen molar-refractivity contribution in [2.75, 3.05) is 12.9 Å². The van der Waals surface area contributed by atoms with E-state index < -0.39 is 0 Å². The second-order valence-electron chi connectivity index (χ2n) is 6.85. The molecule has 4 aromatic rings. The molecule has 0 aliphatic rings. The normalized spacial score (nSPS) is 11.1. The summed E-state index contributed by atoms with van der Waals surface area (Å²) in [7, 11) is 1.62. The minimum atomic E-state index is -0.0828. The Morgan fingerprint density at radius 3 is 2.87 bits per heavy atom. The maximum Gasteiger partial charge on any atom is 0.230 e. The van der Waals surface area contributed by atoms with Crippen molar-refractivity contribution in [1.29, 1.82) is 0 Å². The van der Waals surface area contributed by atoms with Crippen LogP contribution in [-0.2, 0) is 17.9 Å². The third kappa shape index (κ3) is 4.23. The highest BCUT2D eigenvalue weighted by Gasteiger charge is 2.15. The molecule has 1 amide bonds. The number of benzene rings is 2. The van der Waals surface area contributed by atoms with E-state index in [1.54, 1.807) is 7.11 Å². The van der Waals surface area contributed by atoms with Crippen molar-refractivity contribution in [2.24, 2.45) is 0 Å². The summed E-state index contributed by atoms with van der Waals surface area (Å²) in [5.74, 6) is 0.914. The number of carbonyl (C=O) groups excluding carboxylic acids is 1. The predicted molar refractivity (Wildman–Crippen MR) is 119 cm³/mol. The number of hydrogen-bond acceptors (Lipinski definition) is 6. The zero-order valence-corrected chi connectivity index (χ0v) is 17.8. The molecule has 2 aromatic carbocycles. The summed E-state index contributed by atoms with van der Waals surface area (Å²) in [6, 6.07) is 15.8. The molecule has 4 rings (SSSR count). The molecule has 0 atom stereocenters. The summed E-state index contributed by atoms with van der Waals surface area (Å²) in [6.45, 7) is 3.44. The third-order valence-corrected chi connectivity index (χ3v) is 5.60. The molecular formula is C22H23N5O2S. The van der Waals surface area contributed by atoms with Crippen molar-refractivity contribution in [3.8, 4) is 5.75 Å². The first-order valence-electron chi connectivity index (χ1n) is 9.83. The van der Waals surface area contributed by atoms with Gasteiger partial charge in [0.05, 0.1) is 18.4 Å². The first kappa shape index (κ1) is 20.2. The number of nitrogens with one attached hydrogen (secondary N) is 1. The topological polar surface area (TPSA) is 81.9 Å². The van der Waals surface area contributed by atoms with Crippen LogP contribution in [0.25, 0.3) is 22.1 Å². The molecule has 0 bridgehead atoms. The average Bonchev–Trinajstić information content (AvgIpc) is 3.10. The van der Waals surface area contributed by atoms with Crippen molar-refractivity contribution < 1.29 is 9.53 Å². The van der Waals surface area contributed by atoms with Crippen LogP contribution in [0.5, 0.6) is 5.75 Å². The molecule has 1 N–H and O–H groups in total. The van der Waals surface area contributed by atoms with E-state index in [1.807, 2.05) is 42.5 Å². The second-order valence-corrected chi connectivity index (χ2v) is 7.79. The number of ether oxygens (including phenoxy) is 1. The molecule has 0 spiro atoms. The van der Waals surface area contributed by atoms with Gasteiger partial charge in [-0.2, -0.15) is 0 Å². The summed E-state index contributed by atoms with van der Waals surface area (Å²) in [5, 5.41) is 13.1. The minimum absolute atomic E-state index is 0.0828. The lowest BCUT2D eigenvalue weighted by Crippen LogP contribution is -2.24. The molecule has 154 valence electrons. The number of hydrogen-bond donors (Lipinski definition) is 1. The fourth-order valence-electron chi connectivity index (χ4n) is 3.36. The lowest BCUT2D eigenvalue weighted by atomic mass is 10.2. The van der Waals surface area contributed by atoms with Crippen molar-refractivity contribution >= 4 is 39.7 Å². The quantitative estimate of drug-likeness (QED) is 0.436. The number of amides is 1. The van der Waals surface area contributed by atoms with Crippen LogP contribution in [-0.4, -0.2) is 38.5 Å². The zero-order chi connectivity index (χ0) is 20.9. The Bertz CT molecular complexity index is 1190. The van der Waals surface area contributed by atoms with Gasteiger partial charge in [-0.3, -0.25) is 4.79 Å². The van der Waals surface area contributed by atoms with Crippen LogP contribution in [0.15, 0.2) is 53.7 Å².